The van der Waals surface area contributed by atoms with Crippen molar-refractivity contribution in [1.29, 1.82) is 0 Å². The maximum Gasteiger partial charge on any atom is 0.262 e. The van der Waals surface area contributed by atoms with Crippen molar-refractivity contribution in [2.75, 3.05) is 11.9 Å². The van der Waals surface area contributed by atoms with Gasteiger partial charge >= 0.3 is 0 Å². The van der Waals surface area contributed by atoms with E-state index < -0.39 is 0 Å². The molecule has 1 aliphatic heterocycles. The van der Waals surface area contributed by atoms with Crippen molar-refractivity contribution < 1.29 is 14.6 Å². The largest absolute Gasteiger partial charge is 0.507 e. The fraction of sp³-hybridized carbons (Fsp3) is 0.190. The van der Waals surface area contributed by atoms with Gasteiger partial charge in [0.15, 0.2) is 6.61 Å². The first-order valence-corrected chi connectivity index (χ1v) is 10.0. The van der Waals surface area contributed by atoms with Crippen LogP contribution < -0.4 is 14.9 Å². The Morgan fingerprint density at radius 2 is 2.10 bits per heavy atom. The van der Waals surface area contributed by atoms with E-state index in [1.54, 1.807) is 29.1 Å². The number of phenolic OH excluding ortho intramolecular Hbond substituents is 1. The normalized spacial score (nSPS) is 14.2. The van der Waals surface area contributed by atoms with Gasteiger partial charge in [-0.2, -0.15) is 5.10 Å². The van der Waals surface area contributed by atoms with Crippen molar-refractivity contribution in [2.45, 2.75) is 19.9 Å². The van der Waals surface area contributed by atoms with Crippen LogP contribution in [-0.4, -0.2) is 34.6 Å². The number of aromatic hydroxyl groups is 1. The van der Waals surface area contributed by atoms with E-state index in [9.17, 15) is 9.90 Å². The van der Waals surface area contributed by atoms with Crippen LogP contribution in [0.2, 0.25) is 0 Å². The van der Waals surface area contributed by atoms with E-state index in [0.29, 0.717) is 17.0 Å². The third kappa shape index (κ3) is 4.07. The molecule has 0 unspecified atom stereocenters. The van der Waals surface area contributed by atoms with Gasteiger partial charge in [-0.3, -0.25) is 9.79 Å². The summed E-state index contributed by atoms with van der Waals surface area (Å²) in [7, 11) is 0. The van der Waals surface area contributed by atoms with Crippen LogP contribution in [0, 0.1) is 0 Å². The molecule has 1 aromatic heterocycles. The number of nitrogens with zero attached hydrogens (tertiary/aromatic N) is 3. The zero-order valence-electron chi connectivity index (χ0n) is 16.0. The standard InChI is InChI=1S/C21H20N4O3S/c1-13(2)23-21-25(22-10-15-5-3-4-6-18(15)26)17(12-29-21)14-7-8-19-16(9-14)24-20(27)11-28-19/h3-10,12-13,26H,11H2,1-2H3,(H,24,27). The second-order valence-corrected chi connectivity index (χ2v) is 7.63. The average molecular weight is 408 g/mol. The van der Waals surface area contributed by atoms with Gasteiger partial charge in [-0.15, -0.1) is 11.3 Å². The first-order chi connectivity index (χ1) is 14.0. The van der Waals surface area contributed by atoms with E-state index in [-0.39, 0.29) is 24.3 Å². The zero-order valence-corrected chi connectivity index (χ0v) is 16.8. The highest BCUT2D eigenvalue weighted by atomic mass is 32.1. The average Bonchev–Trinajstić information content (AvgIpc) is 3.08. The lowest BCUT2D eigenvalue weighted by Gasteiger charge is -2.18. The second kappa shape index (κ2) is 7.92. The molecule has 3 aromatic rings. The number of aromatic nitrogens is 1. The van der Waals surface area contributed by atoms with E-state index in [0.717, 1.165) is 16.1 Å². The number of fused-ring (bicyclic) bond motifs is 1. The Morgan fingerprint density at radius 3 is 2.90 bits per heavy atom. The van der Waals surface area contributed by atoms with E-state index >= 15 is 0 Å². The summed E-state index contributed by atoms with van der Waals surface area (Å²) < 4.78 is 7.18. The summed E-state index contributed by atoms with van der Waals surface area (Å²) in [5.41, 5.74) is 2.93. The molecule has 0 aliphatic carbocycles. The molecule has 0 bridgehead atoms. The molecule has 8 heteroatoms. The van der Waals surface area contributed by atoms with E-state index in [2.05, 4.69) is 15.4 Å². The van der Waals surface area contributed by atoms with E-state index in [1.165, 1.54) is 11.3 Å². The van der Waals surface area contributed by atoms with Crippen LogP contribution in [0.1, 0.15) is 19.4 Å². The Hall–Kier alpha value is -3.39. The van der Waals surface area contributed by atoms with Crippen molar-refractivity contribution in [2.24, 2.45) is 10.1 Å². The molecular formula is C21H20N4O3S. The van der Waals surface area contributed by atoms with Gasteiger partial charge in [0.2, 0.25) is 4.80 Å². The minimum Gasteiger partial charge on any atom is -0.507 e. The molecule has 2 aromatic carbocycles. The number of thiazole rings is 1. The lowest BCUT2D eigenvalue weighted by Crippen LogP contribution is -2.25. The molecule has 1 aliphatic rings. The van der Waals surface area contributed by atoms with Gasteiger partial charge in [-0.1, -0.05) is 12.1 Å². The zero-order chi connectivity index (χ0) is 20.4. The molecule has 148 valence electrons. The number of hydrogen-bond acceptors (Lipinski definition) is 6. The summed E-state index contributed by atoms with van der Waals surface area (Å²) in [5, 5.41) is 19.4. The van der Waals surface area contributed by atoms with Gasteiger partial charge in [0, 0.05) is 22.5 Å². The van der Waals surface area contributed by atoms with Gasteiger partial charge in [-0.25, -0.2) is 4.68 Å². The summed E-state index contributed by atoms with van der Waals surface area (Å²) in [6, 6.07) is 12.7. The molecule has 0 radical (unpaired) electrons. The fourth-order valence-electron chi connectivity index (χ4n) is 2.88. The van der Waals surface area contributed by atoms with Gasteiger partial charge in [0.25, 0.3) is 5.91 Å². The number of hydrogen-bond donors (Lipinski definition) is 2. The minimum atomic E-state index is -0.180. The van der Waals surface area contributed by atoms with Crippen LogP contribution in [0.15, 0.2) is 57.9 Å². The molecule has 0 saturated carbocycles. The molecule has 0 spiro atoms. The van der Waals surface area contributed by atoms with Gasteiger partial charge in [0.1, 0.15) is 11.5 Å². The summed E-state index contributed by atoms with van der Waals surface area (Å²) >= 11 is 1.48. The van der Waals surface area contributed by atoms with Crippen molar-refractivity contribution in [1.82, 2.24) is 4.68 Å². The molecule has 4 rings (SSSR count). The topological polar surface area (TPSA) is 88.2 Å². The quantitative estimate of drug-likeness (QED) is 0.648. The number of amides is 1. The molecule has 0 fully saturated rings. The van der Waals surface area contributed by atoms with Gasteiger partial charge < -0.3 is 15.2 Å². The number of carbonyl (C=O) groups is 1. The Kier molecular flexibility index (Phi) is 5.18. The van der Waals surface area contributed by atoms with Crippen molar-refractivity contribution in [3.63, 3.8) is 0 Å². The van der Waals surface area contributed by atoms with Crippen LogP contribution in [0.5, 0.6) is 11.5 Å². The van der Waals surface area contributed by atoms with Gasteiger partial charge in [-0.05, 0) is 44.2 Å². The van der Waals surface area contributed by atoms with Crippen LogP contribution in [0.25, 0.3) is 11.3 Å². The monoisotopic (exact) mass is 408 g/mol. The number of rotatable bonds is 4. The Labute approximate surface area is 171 Å². The Balaban J connectivity index is 1.81. The highest BCUT2D eigenvalue weighted by Gasteiger charge is 2.17. The SMILES string of the molecule is CC(C)N=c1scc(-c2ccc3c(c2)NC(=O)CO3)n1N=Cc1ccccc1O. The predicted molar refractivity (Wildman–Crippen MR) is 114 cm³/mol. The lowest BCUT2D eigenvalue weighted by atomic mass is 10.1. The number of phenols is 1. The van der Waals surface area contributed by atoms with Crippen LogP contribution in [0.4, 0.5) is 5.69 Å². The van der Waals surface area contributed by atoms with Crippen LogP contribution >= 0.6 is 11.3 Å². The first kappa shape index (κ1) is 18.9. The Bertz CT molecular complexity index is 1160. The summed E-state index contributed by atoms with van der Waals surface area (Å²) in [6.45, 7) is 4.03. The van der Waals surface area contributed by atoms with Gasteiger partial charge in [0.05, 0.1) is 17.6 Å². The number of nitrogens with one attached hydrogen (secondary N) is 1. The maximum absolute atomic E-state index is 11.7. The van der Waals surface area contributed by atoms with Crippen molar-refractivity contribution in [3.8, 4) is 22.8 Å². The van der Waals surface area contributed by atoms with E-state index in [4.69, 9.17) is 4.74 Å². The molecule has 2 heterocycles. The number of anilines is 1. The predicted octanol–water partition coefficient (Wildman–Crippen LogP) is 3.44. The van der Waals surface area contributed by atoms with E-state index in [1.807, 2.05) is 43.5 Å². The van der Waals surface area contributed by atoms with Crippen molar-refractivity contribution >= 4 is 29.1 Å². The summed E-state index contributed by atoms with van der Waals surface area (Å²) in [6.07, 6.45) is 1.61. The highest BCUT2D eigenvalue weighted by Crippen LogP contribution is 2.33. The molecule has 7 nitrogen and oxygen atoms in total. The van der Waals surface area contributed by atoms with Crippen LogP contribution in [0.3, 0.4) is 0 Å². The molecule has 29 heavy (non-hydrogen) atoms. The first-order valence-electron chi connectivity index (χ1n) is 9.15. The molecular weight excluding hydrogens is 388 g/mol. The number of benzene rings is 2. The second-order valence-electron chi connectivity index (χ2n) is 6.79. The highest BCUT2D eigenvalue weighted by molar-refractivity contribution is 7.07. The summed E-state index contributed by atoms with van der Waals surface area (Å²) in [4.78, 5) is 17.0. The Morgan fingerprint density at radius 1 is 1.28 bits per heavy atom. The molecule has 0 saturated heterocycles. The number of para-hydroxylation sites is 1. The molecule has 1 amide bonds. The molecule has 2 N–H and O–H groups in total. The summed E-state index contributed by atoms with van der Waals surface area (Å²) in [5.74, 6) is 0.616. The maximum atomic E-state index is 11.7. The van der Waals surface area contributed by atoms with Crippen LogP contribution in [-0.2, 0) is 4.79 Å². The van der Waals surface area contributed by atoms with Crippen molar-refractivity contribution in [3.05, 3.63) is 58.2 Å². The third-order valence-corrected chi connectivity index (χ3v) is 5.04. The number of ether oxygens (including phenoxy) is 1. The smallest absolute Gasteiger partial charge is 0.262 e. The fourth-order valence-corrected chi connectivity index (χ4v) is 3.85. The molecule has 0 atom stereocenters. The minimum absolute atomic E-state index is 0.0209. The number of carbonyl (C=O) groups excluding carboxylic acids is 1. The third-order valence-electron chi connectivity index (χ3n) is 4.21. The lowest BCUT2D eigenvalue weighted by molar-refractivity contribution is -0.118.